The first kappa shape index (κ1) is 6.36. The Labute approximate surface area is 66.8 Å². The number of nitrogens with two attached hydrogens (primary N) is 1. The van der Waals surface area contributed by atoms with Crippen LogP contribution in [0, 0.1) is 0 Å². The highest BCUT2D eigenvalue weighted by Gasteiger charge is 2.03. The predicted molar refractivity (Wildman–Crippen MR) is 42.0 cm³/mol. The number of nitrogen functional groups attached to an aromatic ring is 1. The summed E-state index contributed by atoms with van der Waals surface area (Å²) in [7, 11) is 0. The zero-order valence-electron chi connectivity index (χ0n) is 5.52. The van der Waals surface area contributed by atoms with Crippen molar-refractivity contribution in [1.29, 1.82) is 0 Å². The fourth-order valence-corrected chi connectivity index (χ4v) is 1.20. The second-order valence-corrected chi connectivity index (χ2v) is 2.75. The molecule has 0 fully saturated rings. The van der Waals surface area contributed by atoms with Crippen LogP contribution in [0.1, 0.15) is 0 Å². The van der Waals surface area contributed by atoms with Gasteiger partial charge in [0.05, 0.1) is 11.8 Å². The average molecular weight is 167 g/mol. The van der Waals surface area contributed by atoms with E-state index in [-0.39, 0.29) is 0 Å². The molecule has 0 aliphatic heterocycles. The Morgan fingerprint density at radius 3 is 3.00 bits per heavy atom. The van der Waals surface area contributed by atoms with Gasteiger partial charge in [0.1, 0.15) is 6.26 Å². The van der Waals surface area contributed by atoms with Crippen LogP contribution in [0.3, 0.4) is 0 Å². The normalized spacial score (nSPS) is 10.2. The van der Waals surface area contributed by atoms with Gasteiger partial charge in [-0.25, -0.2) is 0 Å². The molecule has 0 radical (unpaired) electrons. The van der Waals surface area contributed by atoms with Crippen molar-refractivity contribution in [3.8, 4) is 11.4 Å². The van der Waals surface area contributed by atoms with Crippen LogP contribution >= 0.6 is 11.5 Å². The zero-order chi connectivity index (χ0) is 7.68. The van der Waals surface area contributed by atoms with Crippen LogP contribution in [0.15, 0.2) is 23.0 Å². The van der Waals surface area contributed by atoms with Crippen molar-refractivity contribution in [2.75, 3.05) is 5.73 Å². The Balaban J connectivity index is 2.45. The van der Waals surface area contributed by atoms with Gasteiger partial charge in [-0.1, -0.05) is 0 Å². The Bertz CT molecular complexity index is 340. The molecule has 0 amide bonds. The summed E-state index contributed by atoms with van der Waals surface area (Å²) in [6.07, 6.45) is 3.16. The lowest BCUT2D eigenvalue weighted by molar-refractivity contribution is 0.568. The van der Waals surface area contributed by atoms with Crippen LogP contribution in [0.25, 0.3) is 11.4 Å². The topological polar surface area (TPSA) is 64.9 Å². The van der Waals surface area contributed by atoms with E-state index in [0.717, 1.165) is 5.56 Å². The molecule has 0 saturated carbocycles. The molecule has 11 heavy (non-hydrogen) atoms. The van der Waals surface area contributed by atoms with Crippen molar-refractivity contribution in [3.63, 3.8) is 0 Å². The SMILES string of the molecule is Nc1nc(-c2ccoc2)ns1. The summed E-state index contributed by atoms with van der Waals surface area (Å²) in [6, 6.07) is 1.79. The number of furan rings is 1. The molecule has 2 N–H and O–H groups in total. The van der Waals surface area contributed by atoms with Gasteiger partial charge in [-0.3, -0.25) is 0 Å². The molecule has 2 aromatic rings. The molecule has 56 valence electrons. The van der Waals surface area contributed by atoms with Gasteiger partial charge in [-0.15, -0.1) is 0 Å². The number of anilines is 1. The number of rotatable bonds is 1. The number of hydrogen-bond donors (Lipinski definition) is 1. The van der Waals surface area contributed by atoms with Crippen LogP contribution in [0.5, 0.6) is 0 Å². The van der Waals surface area contributed by atoms with Crippen LogP contribution in [-0.2, 0) is 0 Å². The van der Waals surface area contributed by atoms with E-state index in [0.29, 0.717) is 11.0 Å². The minimum absolute atomic E-state index is 0.473. The van der Waals surface area contributed by atoms with E-state index >= 15 is 0 Å². The lowest BCUT2D eigenvalue weighted by atomic mass is 10.3. The maximum absolute atomic E-state index is 5.40. The monoisotopic (exact) mass is 167 g/mol. The summed E-state index contributed by atoms with van der Waals surface area (Å²) in [4.78, 5) is 3.98. The Hall–Kier alpha value is -1.36. The highest BCUT2D eigenvalue weighted by atomic mass is 32.1. The van der Waals surface area contributed by atoms with E-state index in [2.05, 4.69) is 9.36 Å². The van der Waals surface area contributed by atoms with Gasteiger partial charge in [0.2, 0.25) is 0 Å². The molecule has 0 spiro atoms. The Kier molecular flexibility index (Phi) is 1.36. The molecule has 0 bridgehead atoms. The van der Waals surface area contributed by atoms with Gasteiger partial charge in [0, 0.05) is 11.5 Å². The molecule has 2 heterocycles. The fourth-order valence-electron chi connectivity index (χ4n) is 0.744. The van der Waals surface area contributed by atoms with Crippen LogP contribution in [0.4, 0.5) is 5.13 Å². The van der Waals surface area contributed by atoms with Crippen LogP contribution in [-0.4, -0.2) is 9.36 Å². The molecule has 0 aromatic carbocycles. The van der Waals surface area contributed by atoms with Gasteiger partial charge in [0.25, 0.3) is 0 Å². The quantitative estimate of drug-likeness (QED) is 0.696. The maximum atomic E-state index is 5.40. The van der Waals surface area contributed by atoms with Gasteiger partial charge in [-0.2, -0.15) is 9.36 Å². The average Bonchev–Trinajstić information content (AvgIpc) is 2.55. The van der Waals surface area contributed by atoms with Gasteiger partial charge < -0.3 is 10.2 Å². The summed E-state index contributed by atoms with van der Waals surface area (Å²) >= 11 is 1.18. The number of nitrogens with zero attached hydrogens (tertiary/aromatic N) is 2. The molecular formula is C6H5N3OS. The molecule has 0 aliphatic rings. The van der Waals surface area contributed by atoms with E-state index in [1.54, 1.807) is 18.6 Å². The van der Waals surface area contributed by atoms with Crippen molar-refractivity contribution >= 4 is 16.7 Å². The van der Waals surface area contributed by atoms with Crippen molar-refractivity contribution in [2.24, 2.45) is 0 Å². The lowest BCUT2D eigenvalue weighted by Crippen LogP contribution is -1.81. The van der Waals surface area contributed by atoms with Crippen molar-refractivity contribution in [2.45, 2.75) is 0 Å². The van der Waals surface area contributed by atoms with Gasteiger partial charge in [-0.05, 0) is 6.07 Å². The van der Waals surface area contributed by atoms with Crippen molar-refractivity contribution < 1.29 is 4.42 Å². The third-order valence-corrected chi connectivity index (χ3v) is 1.76. The minimum atomic E-state index is 0.473. The highest BCUT2D eigenvalue weighted by molar-refractivity contribution is 7.09. The summed E-state index contributed by atoms with van der Waals surface area (Å²) < 4.78 is 8.87. The maximum Gasteiger partial charge on any atom is 0.200 e. The van der Waals surface area contributed by atoms with Gasteiger partial charge in [0.15, 0.2) is 11.0 Å². The first-order valence-corrected chi connectivity index (χ1v) is 3.75. The third-order valence-electron chi connectivity index (χ3n) is 1.22. The van der Waals surface area contributed by atoms with Gasteiger partial charge >= 0.3 is 0 Å². The van der Waals surface area contributed by atoms with E-state index in [1.807, 2.05) is 0 Å². The third kappa shape index (κ3) is 1.10. The lowest BCUT2D eigenvalue weighted by Gasteiger charge is -1.81. The number of hydrogen-bond acceptors (Lipinski definition) is 5. The largest absolute Gasteiger partial charge is 0.472 e. The van der Waals surface area contributed by atoms with E-state index in [1.165, 1.54) is 11.5 Å². The van der Waals surface area contributed by atoms with Crippen LogP contribution in [0.2, 0.25) is 0 Å². The predicted octanol–water partition coefficient (Wildman–Crippen LogP) is 1.38. The molecule has 0 unspecified atom stereocenters. The second kappa shape index (κ2) is 2.35. The summed E-state index contributed by atoms with van der Waals surface area (Å²) in [5, 5.41) is 0.473. The zero-order valence-corrected chi connectivity index (χ0v) is 6.34. The van der Waals surface area contributed by atoms with E-state index in [4.69, 9.17) is 10.2 Å². The first-order valence-electron chi connectivity index (χ1n) is 2.98. The number of aromatic nitrogens is 2. The van der Waals surface area contributed by atoms with Crippen molar-refractivity contribution in [3.05, 3.63) is 18.6 Å². The van der Waals surface area contributed by atoms with Crippen LogP contribution < -0.4 is 5.73 Å². The summed E-state index contributed by atoms with van der Waals surface area (Å²) in [5.41, 5.74) is 6.26. The first-order chi connectivity index (χ1) is 5.36. The van der Waals surface area contributed by atoms with E-state index in [9.17, 15) is 0 Å². The molecule has 5 heteroatoms. The van der Waals surface area contributed by atoms with Crippen molar-refractivity contribution in [1.82, 2.24) is 9.36 Å². The molecule has 4 nitrogen and oxygen atoms in total. The summed E-state index contributed by atoms with van der Waals surface area (Å²) in [5.74, 6) is 0.626. The Morgan fingerprint density at radius 2 is 2.45 bits per heavy atom. The molecule has 0 aliphatic carbocycles. The standard InChI is InChI=1S/C6H5N3OS/c7-6-8-5(9-11-6)4-1-2-10-3-4/h1-3H,(H2,7,8,9). The molecular weight excluding hydrogens is 162 g/mol. The fraction of sp³-hybridized carbons (Fsp3) is 0. The minimum Gasteiger partial charge on any atom is -0.472 e. The highest BCUT2D eigenvalue weighted by Crippen LogP contribution is 2.18. The summed E-state index contributed by atoms with van der Waals surface area (Å²) in [6.45, 7) is 0. The molecule has 2 aromatic heterocycles. The Morgan fingerprint density at radius 1 is 1.55 bits per heavy atom. The van der Waals surface area contributed by atoms with E-state index < -0.39 is 0 Å². The molecule has 0 atom stereocenters. The molecule has 2 rings (SSSR count). The smallest absolute Gasteiger partial charge is 0.200 e. The second-order valence-electron chi connectivity index (χ2n) is 1.97. The molecule has 0 saturated heterocycles.